The van der Waals surface area contributed by atoms with Gasteiger partial charge in [-0.05, 0) is 35.4 Å². The fourth-order valence-corrected chi connectivity index (χ4v) is 2.84. The number of hydrogen-bond donors (Lipinski definition) is 4. The van der Waals surface area contributed by atoms with Crippen LogP contribution in [0.1, 0.15) is 27.4 Å². The van der Waals surface area contributed by atoms with Gasteiger partial charge in [0.1, 0.15) is 0 Å². The standard InChI is InChI=1S/C21H19N3O3/c22-17-8-4-5-9-18(17)23-20(25)16-12-10-15(11-13-16)19(21(26)24-27)14-6-2-1-3-7-14/h1-13,19,27H,22H2,(H,23,25)(H,24,26). The molecular weight excluding hydrogens is 342 g/mol. The highest BCUT2D eigenvalue weighted by molar-refractivity contribution is 6.05. The summed E-state index contributed by atoms with van der Waals surface area (Å²) in [5.74, 6) is -1.53. The van der Waals surface area contributed by atoms with E-state index in [1.807, 2.05) is 18.2 Å². The van der Waals surface area contributed by atoms with E-state index in [4.69, 9.17) is 10.9 Å². The molecule has 0 aliphatic carbocycles. The molecule has 3 rings (SSSR count). The molecule has 0 saturated carbocycles. The van der Waals surface area contributed by atoms with E-state index in [9.17, 15) is 9.59 Å². The summed E-state index contributed by atoms with van der Waals surface area (Å²) in [6.07, 6.45) is 0. The fourth-order valence-electron chi connectivity index (χ4n) is 2.84. The van der Waals surface area contributed by atoms with E-state index in [0.717, 1.165) is 5.56 Å². The Bertz CT molecular complexity index is 940. The summed E-state index contributed by atoms with van der Waals surface area (Å²) in [7, 11) is 0. The number of benzene rings is 3. The lowest BCUT2D eigenvalue weighted by atomic mass is 9.90. The number of carbonyl (C=O) groups is 2. The molecule has 5 N–H and O–H groups in total. The summed E-state index contributed by atoms with van der Waals surface area (Å²) in [6.45, 7) is 0. The number of anilines is 2. The molecule has 1 atom stereocenters. The van der Waals surface area contributed by atoms with Crippen LogP contribution in [0.4, 0.5) is 11.4 Å². The van der Waals surface area contributed by atoms with E-state index in [1.54, 1.807) is 66.1 Å². The Kier molecular flexibility index (Phi) is 5.49. The number of hydroxylamine groups is 1. The van der Waals surface area contributed by atoms with Crippen LogP contribution in [-0.2, 0) is 4.79 Å². The lowest BCUT2D eigenvalue weighted by molar-refractivity contribution is -0.129. The van der Waals surface area contributed by atoms with E-state index in [0.29, 0.717) is 22.5 Å². The van der Waals surface area contributed by atoms with Crippen molar-refractivity contribution in [2.45, 2.75) is 5.92 Å². The monoisotopic (exact) mass is 361 g/mol. The number of para-hydroxylation sites is 2. The molecule has 1 unspecified atom stereocenters. The molecule has 0 bridgehead atoms. The first-order valence-corrected chi connectivity index (χ1v) is 8.35. The van der Waals surface area contributed by atoms with E-state index in [1.165, 1.54) is 0 Å². The van der Waals surface area contributed by atoms with E-state index in [-0.39, 0.29) is 5.91 Å². The molecule has 2 amide bonds. The molecule has 6 heteroatoms. The van der Waals surface area contributed by atoms with Gasteiger partial charge in [-0.1, -0.05) is 54.6 Å². The highest BCUT2D eigenvalue weighted by atomic mass is 16.5. The maximum Gasteiger partial charge on any atom is 0.255 e. The van der Waals surface area contributed by atoms with Crippen molar-refractivity contribution in [3.8, 4) is 0 Å². The second-order valence-corrected chi connectivity index (χ2v) is 5.98. The zero-order chi connectivity index (χ0) is 19.2. The Morgan fingerprint density at radius 1 is 0.815 bits per heavy atom. The topological polar surface area (TPSA) is 104 Å². The molecule has 0 saturated heterocycles. The lowest BCUT2D eigenvalue weighted by Crippen LogP contribution is -2.27. The Hall–Kier alpha value is -3.64. The van der Waals surface area contributed by atoms with Crippen LogP contribution in [0.3, 0.4) is 0 Å². The summed E-state index contributed by atoms with van der Waals surface area (Å²) in [5.41, 5.74) is 10.4. The summed E-state index contributed by atoms with van der Waals surface area (Å²) in [6, 6.07) is 22.7. The molecule has 0 aliphatic heterocycles. The van der Waals surface area contributed by atoms with Gasteiger partial charge in [0, 0.05) is 5.56 Å². The second kappa shape index (κ2) is 8.16. The van der Waals surface area contributed by atoms with Gasteiger partial charge in [-0.3, -0.25) is 14.8 Å². The summed E-state index contributed by atoms with van der Waals surface area (Å²) in [4.78, 5) is 24.6. The van der Waals surface area contributed by atoms with Gasteiger partial charge in [-0.15, -0.1) is 0 Å². The van der Waals surface area contributed by atoms with Crippen molar-refractivity contribution in [2.24, 2.45) is 0 Å². The first-order valence-electron chi connectivity index (χ1n) is 8.35. The third-order valence-electron chi connectivity index (χ3n) is 4.22. The van der Waals surface area contributed by atoms with Crippen LogP contribution in [-0.4, -0.2) is 17.0 Å². The zero-order valence-corrected chi connectivity index (χ0v) is 14.4. The van der Waals surface area contributed by atoms with Gasteiger partial charge in [-0.25, -0.2) is 5.48 Å². The highest BCUT2D eigenvalue weighted by Gasteiger charge is 2.22. The summed E-state index contributed by atoms with van der Waals surface area (Å²) < 4.78 is 0. The van der Waals surface area contributed by atoms with Gasteiger partial charge in [-0.2, -0.15) is 0 Å². The Balaban J connectivity index is 1.84. The molecule has 0 fully saturated rings. The summed E-state index contributed by atoms with van der Waals surface area (Å²) >= 11 is 0. The van der Waals surface area contributed by atoms with Crippen molar-refractivity contribution in [1.82, 2.24) is 5.48 Å². The molecular formula is C21H19N3O3. The lowest BCUT2D eigenvalue weighted by Gasteiger charge is -2.16. The highest BCUT2D eigenvalue weighted by Crippen LogP contribution is 2.25. The largest absolute Gasteiger partial charge is 0.397 e. The van der Waals surface area contributed by atoms with E-state index >= 15 is 0 Å². The minimum absolute atomic E-state index is 0.303. The number of hydrogen-bond acceptors (Lipinski definition) is 4. The third kappa shape index (κ3) is 4.13. The molecule has 136 valence electrons. The first kappa shape index (κ1) is 18.2. The average molecular weight is 361 g/mol. The van der Waals surface area contributed by atoms with Crippen LogP contribution < -0.4 is 16.5 Å². The smallest absolute Gasteiger partial charge is 0.255 e. The maximum atomic E-state index is 12.4. The van der Waals surface area contributed by atoms with E-state index in [2.05, 4.69) is 5.32 Å². The van der Waals surface area contributed by atoms with Crippen LogP contribution >= 0.6 is 0 Å². The van der Waals surface area contributed by atoms with Crippen molar-refractivity contribution in [1.29, 1.82) is 0 Å². The Labute approximate surface area is 156 Å². The molecule has 0 radical (unpaired) electrons. The van der Waals surface area contributed by atoms with Crippen molar-refractivity contribution in [3.63, 3.8) is 0 Å². The molecule has 3 aromatic carbocycles. The Morgan fingerprint density at radius 2 is 1.41 bits per heavy atom. The van der Waals surface area contributed by atoms with Gasteiger partial charge in [0.2, 0.25) is 0 Å². The Morgan fingerprint density at radius 3 is 2.04 bits per heavy atom. The molecule has 27 heavy (non-hydrogen) atoms. The zero-order valence-electron chi connectivity index (χ0n) is 14.4. The van der Waals surface area contributed by atoms with Crippen LogP contribution in [0, 0.1) is 0 Å². The van der Waals surface area contributed by atoms with Gasteiger partial charge >= 0.3 is 0 Å². The number of nitrogen functional groups attached to an aromatic ring is 1. The number of nitrogens with one attached hydrogen (secondary N) is 2. The molecule has 0 aromatic heterocycles. The maximum absolute atomic E-state index is 12.4. The van der Waals surface area contributed by atoms with Crippen molar-refractivity contribution < 1.29 is 14.8 Å². The minimum Gasteiger partial charge on any atom is -0.397 e. The predicted octanol–water partition coefficient (Wildman–Crippen LogP) is 3.16. The predicted molar refractivity (Wildman–Crippen MR) is 103 cm³/mol. The van der Waals surface area contributed by atoms with Gasteiger partial charge in [0.05, 0.1) is 17.3 Å². The average Bonchev–Trinajstić information content (AvgIpc) is 2.71. The quantitative estimate of drug-likeness (QED) is 0.318. The van der Waals surface area contributed by atoms with Crippen LogP contribution in [0.15, 0.2) is 78.9 Å². The second-order valence-electron chi connectivity index (χ2n) is 5.98. The van der Waals surface area contributed by atoms with Crippen molar-refractivity contribution in [2.75, 3.05) is 11.1 Å². The molecule has 0 spiro atoms. The van der Waals surface area contributed by atoms with Crippen molar-refractivity contribution >= 4 is 23.2 Å². The molecule has 3 aromatic rings. The normalized spacial score (nSPS) is 11.4. The van der Waals surface area contributed by atoms with Gasteiger partial charge in [0.25, 0.3) is 11.8 Å². The van der Waals surface area contributed by atoms with Crippen LogP contribution in [0.2, 0.25) is 0 Å². The number of nitrogens with two attached hydrogens (primary N) is 1. The SMILES string of the molecule is Nc1ccccc1NC(=O)c1ccc(C(C(=O)NO)c2ccccc2)cc1. The van der Waals surface area contributed by atoms with E-state index < -0.39 is 11.8 Å². The number of rotatable bonds is 5. The summed E-state index contributed by atoms with van der Waals surface area (Å²) in [5, 5.41) is 11.8. The number of carbonyl (C=O) groups excluding carboxylic acids is 2. The third-order valence-corrected chi connectivity index (χ3v) is 4.22. The molecule has 6 nitrogen and oxygen atoms in total. The van der Waals surface area contributed by atoms with Crippen molar-refractivity contribution in [3.05, 3.63) is 95.6 Å². The van der Waals surface area contributed by atoms with Gasteiger partial charge in [0.15, 0.2) is 0 Å². The fraction of sp³-hybridized carbons (Fsp3) is 0.0476. The van der Waals surface area contributed by atoms with Gasteiger partial charge < -0.3 is 11.1 Å². The minimum atomic E-state index is -0.682. The number of amides is 2. The van der Waals surface area contributed by atoms with Crippen LogP contribution in [0.5, 0.6) is 0 Å². The molecule has 0 aliphatic rings. The first-order chi connectivity index (χ1) is 13.1. The molecule has 0 heterocycles. The van der Waals surface area contributed by atoms with Crippen LogP contribution in [0.25, 0.3) is 0 Å².